The van der Waals surface area contributed by atoms with Gasteiger partial charge in [0.25, 0.3) is 5.91 Å². The Hall–Kier alpha value is -3.88. The Morgan fingerprint density at radius 3 is 2.42 bits per heavy atom. The molecule has 0 saturated heterocycles. The summed E-state index contributed by atoms with van der Waals surface area (Å²) >= 11 is 5.83. The molecule has 0 aliphatic heterocycles. The molecule has 6 heteroatoms. The number of carbonyl (C=O) groups is 2. The second-order valence-electron chi connectivity index (χ2n) is 6.74. The van der Waals surface area contributed by atoms with Gasteiger partial charge in [0.15, 0.2) is 0 Å². The van der Waals surface area contributed by atoms with Crippen LogP contribution in [0.5, 0.6) is 5.75 Å². The van der Waals surface area contributed by atoms with Crippen LogP contribution in [0.25, 0.3) is 6.08 Å². The Balaban J connectivity index is 1.72. The number of hydrogen-bond donors (Lipinski definition) is 1. The van der Waals surface area contributed by atoms with E-state index in [9.17, 15) is 14.9 Å². The van der Waals surface area contributed by atoms with E-state index in [-0.39, 0.29) is 11.6 Å². The van der Waals surface area contributed by atoms with Crippen LogP contribution in [0, 0.1) is 11.3 Å². The van der Waals surface area contributed by atoms with Crippen molar-refractivity contribution in [2.24, 2.45) is 0 Å². The van der Waals surface area contributed by atoms with Crippen LogP contribution in [0.2, 0.25) is 5.02 Å². The third-order valence-electron chi connectivity index (χ3n) is 4.47. The molecule has 154 valence electrons. The third-order valence-corrected chi connectivity index (χ3v) is 4.72. The van der Waals surface area contributed by atoms with Crippen molar-refractivity contribution >= 4 is 29.6 Å². The van der Waals surface area contributed by atoms with Crippen LogP contribution in [0.1, 0.15) is 34.5 Å². The number of benzene rings is 3. The fourth-order valence-corrected chi connectivity index (χ4v) is 2.96. The van der Waals surface area contributed by atoms with E-state index in [2.05, 4.69) is 5.32 Å². The number of carbonyl (C=O) groups excluding carboxylic acids is 2. The fourth-order valence-electron chi connectivity index (χ4n) is 2.83. The molecule has 0 spiro atoms. The molecule has 31 heavy (non-hydrogen) atoms. The van der Waals surface area contributed by atoms with E-state index in [4.69, 9.17) is 16.3 Å². The highest BCUT2D eigenvalue weighted by atomic mass is 35.5. The van der Waals surface area contributed by atoms with Crippen molar-refractivity contribution in [2.75, 3.05) is 0 Å². The summed E-state index contributed by atoms with van der Waals surface area (Å²) < 4.78 is 5.38. The summed E-state index contributed by atoms with van der Waals surface area (Å²) in [5, 5.41) is 12.8. The Labute approximate surface area is 185 Å². The molecule has 1 atom stereocenters. The van der Waals surface area contributed by atoms with Gasteiger partial charge < -0.3 is 10.1 Å². The van der Waals surface area contributed by atoms with Gasteiger partial charge in [-0.1, -0.05) is 54.1 Å². The molecular formula is C25H19ClN2O3. The molecule has 0 aromatic heterocycles. The number of nitrogens with one attached hydrogen (secondary N) is 1. The number of rotatable bonds is 6. The Kier molecular flexibility index (Phi) is 7.21. The van der Waals surface area contributed by atoms with Crippen LogP contribution in [-0.2, 0) is 4.79 Å². The van der Waals surface area contributed by atoms with Crippen molar-refractivity contribution in [3.05, 3.63) is 106 Å². The maximum absolute atomic E-state index is 12.5. The Bertz CT molecular complexity index is 1150. The first-order valence-corrected chi connectivity index (χ1v) is 9.89. The zero-order chi connectivity index (χ0) is 22.2. The van der Waals surface area contributed by atoms with Gasteiger partial charge in [-0.15, -0.1) is 0 Å². The molecule has 1 N–H and O–H groups in total. The molecule has 0 heterocycles. The summed E-state index contributed by atoms with van der Waals surface area (Å²) in [5.74, 6) is -0.723. The van der Waals surface area contributed by atoms with Gasteiger partial charge in [0, 0.05) is 5.02 Å². The lowest BCUT2D eigenvalue weighted by atomic mass is 10.1. The van der Waals surface area contributed by atoms with E-state index in [1.165, 1.54) is 6.08 Å². The van der Waals surface area contributed by atoms with Gasteiger partial charge in [-0.25, -0.2) is 4.79 Å². The van der Waals surface area contributed by atoms with E-state index in [0.717, 1.165) is 5.56 Å². The highest BCUT2D eigenvalue weighted by molar-refractivity contribution is 6.30. The Morgan fingerprint density at radius 1 is 1.03 bits per heavy atom. The standard InChI is InChI=1S/C25H19ClN2O3/c1-17(19-7-3-2-4-8-19)28-24(29)21(16-27)14-18-6-5-9-23(15-18)31-25(30)20-10-12-22(26)13-11-20/h2-15,17H,1H3,(H,28,29)/b21-14+. The van der Waals surface area contributed by atoms with Gasteiger partial charge in [-0.05, 0) is 60.5 Å². The lowest BCUT2D eigenvalue weighted by molar-refractivity contribution is -0.117. The zero-order valence-electron chi connectivity index (χ0n) is 16.7. The van der Waals surface area contributed by atoms with Crippen molar-refractivity contribution in [1.82, 2.24) is 5.32 Å². The first-order valence-electron chi connectivity index (χ1n) is 9.51. The maximum atomic E-state index is 12.5. The van der Waals surface area contributed by atoms with E-state index >= 15 is 0 Å². The second kappa shape index (κ2) is 10.2. The lowest BCUT2D eigenvalue weighted by Gasteiger charge is -2.13. The topological polar surface area (TPSA) is 79.2 Å². The number of hydrogen-bond acceptors (Lipinski definition) is 4. The second-order valence-corrected chi connectivity index (χ2v) is 7.18. The van der Waals surface area contributed by atoms with Gasteiger partial charge in [0.2, 0.25) is 0 Å². The first-order chi connectivity index (χ1) is 15.0. The van der Waals surface area contributed by atoms with Crippen LogP contribution >= 0.6 is 11.6 Å². The molecule has 0 radical (unpaired) electrons. The van der Waals surface area contributed by atoms with Gasteiger partial charge in [-0.3, -0.25) is 4.79 Å². The summed E-state index contributed by atoms with van der Waals surface area (Å²) in [6.07, 6.45) is 1.45. The summed E-state index contributed by atoms with van der Waals surface area (Å²) in [7, 11) is 0. The number of halogens is 1. The average molecular weight is 431 g/mol. The molecule has 3 aromatic rings. The monoisotopic (exact) mass is 430 g/mol. The van der Waals surface area contributed by atoms with Crippen molar-refractivity contribution in [3.63, 3.8) is 0 Å². The zero-order valence-corrected chi connectivity index (χ0v) is 17.5. The minimum Gasteiger partial charge on any atom is -0.423 e. The third kappa shape index (κ3) is 6.05. The van der Waals surface area contributed by atoms with Gasteiger partial charge in [0.1, 0.15) is 17.4 Å². The molecule has 5 nitrogen and oxygen atoms in total. The SMILES string of the molecule is CC(NC(=O)/C(C#N)=C/c1cccc(OC(=O)c2ccc(Cl)cc2)c1)c1ccccc1. The number of nitriles is 1. The van der Waals surface area contributed by atoms with E-state index in [1.54, 1.807) is 48.5 Å². The van der Waals surface area contributed by atoms with Gasteiger partial charge in [0.05, 0.1) is 11.6 Å². The molecule has 0 saturated carbocycles. The van der Waals surface area contributed by atoms with Crippen molar-refractivity contribution in [3.8, 4) is 11.8 Å². The smallest absolute Gasteiger partial charge is 0.343 e. The lowest BCUT2D eigenvalue weighted by Crippen LogP contribution is -2.27. The highest BCUT2D eigenvalue weighted by Gasteiger charge is 2.14. The van der Waals surface area contributed by atoms with Gasteiger partial charge >= 0.3 is 5.97 Å². The van der Waals surface area contributed by atoms with E-state index < -0.39 is 11.9 Å². The largest absolute Gasteiger partial charge is 0.423 e. The molecule has 0 bridgehead atoms. The predicted molar refractivity (Wildman–Crippen MR) is 119 cm³/mol. The summed E-state index contributed by atoms with van der Waals surface area (Å²) in [5.41, 5.74) is 1.80. The first kappa shape index (κ1) is 21.8. The molecule has 3 rings (SSSR count). The quantitative estimate of drug-likeness (QED) is 0.247. The molecular weight excluding hydrogens is 412 g/mol. The van der Waals surface area contributed by atoms with E-state index in [0.29, 0.717) is 21.9 Å². The number of ether oxygens (including phenoxy) is 1. The molecule has 1 unspecified atom stereocenters. The van der Waals surface area contributed by atoms with Crippen molar-refractivity contribution < 1.29 is 14.3 Å². The van der Waals surface area contributed by atoms with Crippen LogP contribution in [0.4, 0.5) is 0 Å². The summed E-state index contributed by atoms with van der Waals surface area (Å²) in [6.45, 7) is 1.85. The molecule has 0 aliphatic carbocycles. The van der Waals surface area contributed by atoms with Crippen LogP contribution in [0.15, 0.2) is 84.4 Å². The normalized spacial score (nSPS) is 11.8. The minimum absolute atomic E-state index is 0.0519. The maximum Gasteiger partial charge on any atom is 0.343 e. The van der Waals surface area contributed by atoms with Crippen LogP contribution in [0.3, 0.4) is 0 Å². The summed E-state index contributed by atoms with van der Waals surface area (Å²) in [6, 6.07) is 24.1. The number of nitrogens with zero attached hydrogens (tertiary/aromatic N) is 1. The van der Waals surface area contributed by atoms with E-state index in [1.807, 2.05) is 43.3 Å². The minimum atomic E-state index is -0.535. The van der Waals surface area contributed by atoms with Crippen molar-refractivity contribution in [1.29, 1.82) is 5.26 Å². The molecule has 0 aliphatic rings. The van der Waals surface area contributed by atoms with Crippen LogP contribution < -0.4 is 10.1 Å². The van der Waals surface area contributed by atoms with Crippen molar-refractivity contribution in [2.45, 2.75) is 13.0 Å². The number of amides is 1. The highest BCUT2D eigenvalue weighted by Crippen LogP contribution is 2.19. The predicted octanol–water partition coefficient (Wildman–Crippen LogP) is 5.34. The molecule has 0 fully saturated rings. The summed E-state index contributed by atoms with van der Waals surface area (Å²) in [4.78, 5) is 24.8. The number of esters is 1. The average Bonchev–Trinajstić information content (AvgIpc) is 2.78. The van der Waals surface area contributed by atoms with Crippen LogP contribution in [-0.4, -0.2) is 11.9 Å². The fraction of sp³-hybridized carbons (Fsp3) is 0.0800. The molecule has 1 amide bonds. The Morgan fingerprint density at radius 2 is 1.74 bits per heavy atom. The molecule has 3 aromatic carbocycles. The van der Waals surface area contributed by atoms with Gasteiger partial charge in [-0.2, -0.15) is 5.26 Å².